The van der Waals surface area contributed by atoms with Gasteiger partial charge in [-0.25, -0.2) is 4.39 Å². The Hall–Kier alpha value is -1.13. The first-order valence-electron chi connectivity index (χ1n) is 4.57. The van der Waals surface area contributed by atoms with Crippen molar-refractivity contribution in [1.29, 1.82) is 0 Å². The molecule has 0 radical (unpaired) electrons. The van der Waals surface area contributed by atoms with Gasteiger partial charge in [0.1, 0.15) is 11.6 Å². The number of hydrogen-bond donors (Lipinski definition) is 3. The third kappa shape index (κ3) is 2.68. The van der Waals surface area contributed by atoms with Gasteiger partial charge < -0.3 is 16.2 Å². The molecule has 78 valence electrons. The van der Waals surface area contributed by atoms with Crippen LogP contribution >= 0.6 is 0 Å². The minimum atomic E-state index is -0.401. The second kappa shape index (κ2) is 4.93. The molecule has 1 aromatic rings. The van der Waals surface area contributed by atoms with Crippen molar-refractivity contribution in [2.24, 2.45) is 5.73 Å². The van der Waals surface area contributed by atoms with E-state index >= 15 is 0 Å². The average Bonchev–Trinajstić information content (AvgIpc) is 2.14. The summed E-state index contributed by atoms with van der Waals surface area (Å²) < 4.78 is 13.3. The predicted molar refractivity (Wildman–Crippen MR) is 53.5 cm³/mol. The lowest BCUT2D eigenvalue weighted by molar-refractivity contribution is 0.464. The highest BCUT2D eigenvalue weighted by atomic mass is 19.1. The Labute approximate surface area is 82.7 Å². The molecular formula is C10H15FN2O. The Morgan fingerprint density at radius 1 is 1.57 bits per heavy atom. The highest BCUT2D eigenvalue weighted by Gasteiger charge is 2.09. The van der Waals surface area contributed by atoms with Crippen molar-refractivity contribution in [3.05, 3.63) is 29.6 Å². The van der Waals surface area contributed by atoms with Gasteiger partial charge in [0.15, 0.2) is 0 Å². The minimum absolute atomic E-state index is 0.0581. The summed E-state index contributed by atoms with van der Waals surface area (Å²) in [7, 11) is 0. The summed E-state index contributed by atoms with van der Waals surface area (Å²) in [5, 5.41) is 12.1. The zero-order valence-electron chi connectivity index (χ0n) is 8.13. The number of nitrogens with two attached hydrogens (primary N) is 1. The maximum Gasteiger partial charge on any atom is 0.131 e. The van der Waals surface area contributed by atoms with Crippen molar-refractivity contribution in [3.8, 4) is 5.75 Å². The molecule has 0 bridgehead atoms. The molecule has 0 aliphatic heterocycles. The number of benzene rings is 1. The summed E-state index contributed by atoms with van der Waals surface area (Å²) in [5.74, 6) is -0.459. The van der Waals surface area contributed by atoms with Gasteiger partial charge >= 0.3 is 0 Å². The molecule has 0 aliphatic carbocycles. The number of nitrogens with one attached hydrogen (secondary N) is 1. The number of hydrogen-bond acceptors (Lipinski definition) is 3. The van der Waals surface area contributed by atoms with Gasteiger partial charge in [-0.1, -0.05) is 6.07 Å². The van der Waals surface area contributed by atoms with Crippen molar-refractivity contribution in [2.45, 2.75) is 13.0 Å². The smallest absolute Gasteiger partial charge is 0.131 e. The number of halogens is 1. The molecule has 1 aromatic carbocycles. The number of aromatic hydroxyl groups is 1. The summed E-state index contributed by atoms with van der Waals surface area (Å²) >= 11 is 0. The highest BCUT2D eigenvalue weighted by molar-refractivity contribution is 5.29. The van der Waals surface area contributed by atoms with Crippen LogP contribution in [0.25, 0.3) is 0 Å². The van der Waals surface area contributed by atoms with Gasteiger partial charge in [0, 0.05) is 30.8 Å². The normalized spacial score (nSPS) is 12.8. The van der Waals surface area contributed by atoms with Gasteiger partial charge in [-0.2, -0.15) is 0 Å². The number of phenolic OH excluding ortho intramolecular Hbond substituents is 1. The number of rotatable bonds is 4. The molecule has 0 aromatic heterocycles. The van der Waals surface area contributed by atoms with Crippen molar-refractivity contribution < 1.29 is 9.50 Å². The van der Waals surface area contributed by atoms with E-state index in [1.807, 2.05) is 6.92 Å². The summed E-state index contributed by atoms with van der Waals surface area (Å²) in [4.78, 5) is 0. The topological polar surface area (TPSA) is 58.3 Å². The summed E-state index contributed by atoms with van der Waals surface area (Å²) in [5.41, 5.74) is 5.86. The molecule has 0 aliphatic rings. The van der Waals surface area contributed by atoms with Gasteiger partial charge in [-0.15, -0.1) is 0 Å². The quantitative estimate of drug-likeness (QED) is 0.680. The zero-order valence-corrected chi connectivity index (χ0v) is 8.13. The fourth-order valence-corrected chi connectivity index (χ4v) is 1.28. The molecule has 0 fully saturated rings. The molecule has 1 unspecified atom stereocenters. The predicted octanol–water partition coefficient (Wildman–Crippen LogP) is 1.14. The molecule has 0 saturated carbocycles. The summed E-state index contributed by atoms with van der Waals surface area (Å²) in [6.07, 6.45) is 0. The van der Waals surface area contributed by atoms with Crippen LogP contribution in [0.2, 0.25) is 0 Å². The minimum Gasteiger partial charge on any atom is -0.508 e. The molecular weight excluding hydrogens is 183 g/mol. The standard InChI is InChI=1S/C10H15FN2O/c1-7(13-5-4-12)9-3-2-8(14)6-10(9)11/h2-3,6-7,13-14H,4-5,12H2,1H3. The van der Waals surface area contributed by atoms with E-state index < -0.39 is 5.82 Å². The molecule has 4 heteroatoms. The van der Waals surface area contributed by atoms with E-state index in [2.05, 4.69) is 5.32 Å². The zero-order chi connectivity index (χ0) is 10.6. The van der Waals surface area contributed by atoms with Gasteiger partial charge in [-0.05, 0) is 13.0 Å². The summed E-state index contributed by atoms with van der Waals surface area (Å²) in [6.45, 7) is 3.01. The van der Waals surface area contributed by atoms with Crippen molar-refractivity contribution in [3.63, 3.8) is 0 Å². The summed E-state index contributed by atoms with van der Waals surface area (Å²) in [6, 6.07) is 4.05. The molecule has 4 N–H and O–H groups in total. The first-order chi connectivity index (χ1) is 6.65. The number of phenols is 1. The lowest BCUT2D eigenvalue weighted by atomic mass is 10.1. The van der Waals surface area contributed by atoms with E-state index in [1.165, 1.54) is 6.07 Å². The van der Waals surface area contributed by atoms with Crippen LogP contribution < -0.4 is 11.1 Å². The van der Waals surface area contributed by atoms with Gasteiger partial charge in [0.05, 0.1) is 0 Å². The lowest BCUT2D eigenvalue weighted by Gasteiger charge is -2.14. The van der Waals surface area contributed by atoms with Gasteiger partial charge in [-0.3, -0.25) is 0 Å². The van der Waals surface area contributed by atoms with E-state index in [4.69, 9.17) is 10.8 Å². The van der Waals surface area contributed by atoms with Crippen LogP contribution in [0.5, 0.6) is 5.75 Å². The molecule has 0 heterocycles. The Bertz CT molecular complexity index is 304. The van der Waals surface area contributed by atoms with Gasteiger partial charge in [0.2, 0.25) is 0 Å². The van der Waals surface area contributed by atoms with Crippen LogP contribution in [-0.4, -0.2) is 18.2 Å². The lowest BCUT2D eigenvalue weighted by Crippen LogP contribution is -2.25. The van der Waals surface area contributed by atoms with Crippen LogP contribution in [0.4, 0.5) is 4.39 Å². The van der Waals surface area contributed by atoms with Crippen LogP contribution in [0.3, 0.4) is 0 Å². The second-order valence-electron chi connectivity index (χ2n) is 3.17. The molecule has 0 amide bonds. The molecule has 0 saturated heterocycles. The Morgan fingerprint density at radius 2 is 2.29 bits per heavy atom. The Kier molecular flexibility index (Phi) is 3.85. The molecule has 14 heavy (non-hydrogen) atoms. The van der Waals surface area contributed by atoms with E-state index in [0.717, 1.165) is 6.07 Å². The van der Waals surface area contributed by atoms with E-state index in [1.54, 1.807) is 6.07 Å². The monoisotopic (exact) mass is 198 g/mol. The first-order valence-corrected chi connectivity index (χ1v) is 4.57. The average molecular weight is 198 g/mol. The molecule has 1 rings (SSSR count). The highest BCUT2D eigenvalue weighted by Crippen LogP contribution is 2.20. The molecule has 0 spiro atoms. The maximum atomic E-state index is 13.3. The fraction of sp³-hybridized carbons (Fsp3) is 0.400. The van der Waals surface area contributed by atoms with Crippen molar-refractivity contribution in [1.82, 2.24) is 5.32 Å². The Balaban J connectivity index is 2.74. The van der Waals surface area contributed by atoms with Crippen molar-refractivity contribution in [2.75, 3.05) is 13.1 Å². The molecule has 3 nitrogen and oxygen atoms in total. The SMILES string of the molecule is CC(NCCN)c1ccc(O)cc1F. The van der Waals surface area contributed by atoms with Crippen LogP contribution in [0, 0.1) is 5.82 Å². The third-order valence-corrected chi connectivity index (χ3v) is 2.05. The second-order valence-corrected chi connectivity index (χ2v) is 3.17. The maximum absolute atomic E-state index is 13.3. The van der Waals surface area contributed by atoms with Crippen molar-refractivity contribution >= 4 is 0 Å². The van der Waals surface area contributed by atoms with E-state index in [-0.39, 0.29) is 11.8 Å². The van der Waals surface area contributed by atoms with E-state index in [0.29, 0.717) is 18.7 Å². The van der Waals surface area contributed by atoms with Crippen LogP contribution in [0.15, 0.2) is 18.2 Å². The first kappa shape index (κ1) is 10.9. The molecule has 1 atom stereocenters. The largest absolute Gasteiger partial charge is 0.508 e. The van der Waals surface area contributed by atoms with Gasteiger partial charge in [0.25, 0.3) is 0 Å². The Morgan fingerprint density at radius 3 is 2.86 bits per heavy atom. The van der Waals surface area contributed by atoms with Crippen LogP contribution in [0.1, 0.15) is 18.5 Å². The third-order valence-electron chi connectivity index (χ3n) is 2.05. The van der Waals surface area contributed by atoms with E-state index in [9.17, 15) is 4.39 Å². The fourth-order valence-electron chi connectivity index (χ4n) is 1.28. The van der Waals surface area contributed by atoms with Crippen LogP contribution in [-0.2, 0) is 0 Å².